The van der Waals surface area contributed by atoms with E-state index in [1.807, 2.05) is 0 Å². The molecule has 0 saturated carbocycles. The summed E-state index contributed by atoms with van der Waals surface area (Å²) in [6.07, 6.45) is 0. The number of halogens is 3. The Morgan fingerprint density at radius 2 is 2.05 bits per heavy atom. The Balaban J connectivity index is 2.21. The van der Waals surface area contributed by atoms with E-state index in [4.69, 9.17) is 16.3 Å². The quantitative estimate of drug-likeness (QED) is 0.877. The number of rotatable bonds is 3. The van der Waals surface area contributed by atoms with Crippen LogP contribution in [-0.4, -0.2) is 13.0 Å². The van der Waals surface area contributed by atoms with E-state index in [0.717, 1.165) is 6.07 Å². The molecule has 0 aliphatic rings. The maximum Gasteiger partial charge on any atom is 0.258 e. The molecule has 0 aromatic heterocycles. The first kappa shape index (κ1) is 14.8. The molecule has 104 valence electrons. The molecule has 0 fully saturated rings. The molecule has 0 aliphatic carbocycles. The second-order valence-corrected chi connectivity index (χ2v) is 5.19. The molecule has 3 nitrogen and oxygen atoms in total. The summed E-state index contributed by atoms with van der Waals surface area (Å²) in [7, 11) is 1.43. The highest BCUT2D eigenvalue weighted by molar-refractivity contribution is 9.10. The van der Waals surface area contributed by atoms with E-state index in [1.54, 1.807) is 18.2 Å². The van der Waals surface area contributed by atoms with Crippen LogP contribution < -0.4 is 10.1 Å². The lowest BCUT2D eigenvalue weighted by molar-refractivity contribution is 0.102. The van der Waals surface area contributed by atoms with E-state index < -0.39 is 11.7 Å². The van der Waals surface area contributed by atoms with Crippen LogP contribution in [0.3, 0.4) is 0 Å². The molecule has 2 aromatic rings. The molecule has 6 heteroatoms. The number of methoxy groups -OCH3 is 1. The number of amides is 1. The number of ether oxygens (including phenoxy) is 1. The van der Waals surface area contributed by atoms with Gasteiger partial charge in [-0.3, -0.25) is 4.79 Å². The van der Waals surface area contributed by atoms with Crippen LogP contribution in [0.5, 0.6) is 5.75 Å². The Labute approximate surface area is 128 Å². The van der Waals surface area contributed by atoms with E-state index >= 15 is 0 Å². The molecule has 0 atom stereocenters. The molecule has 0 spiro atoms. The van der Waals surface area contributed by atoms with Crippen molar-refractivity contribution >= 4 is 39.1 Å². The molecule has 2 aromatic carbocycles. The molecule has 1 N–H and O–H groups in total. The minimum absolute atomic E-state index is 0.0650. The summed E-state index contributed by atoms with van der Waals surface area (Å²) in [6.45, 7) is 0. The highest BCUT2D eigenvalue weighted by Gasteiger charge is 2.13. The molecule has 1 amide bonds. The normalized spacial score (nSPS) is 10.2. The number of anilines is 1. The number of carbonyl (C=O) groups is 1. The average molecular weight is 359 g/mol. The number of hydrogen-bond acceptors (Lipinski definition) is 2. The first-order valence-electron chi connectivity index (χ1n) is 5.61. The Morgan fingerprint density at radius 3 is 2.65 bits per heavy atom. The van der Waals surface area contributed by atoms with E-state index in [1.165, 1.54) is 19.2 Å². The van der Waals surface area contributed by atoms with Crippen LogP contribution in [-0.2, 0) is 0 Å². The lowest BCUT2D eigenvalue weighted by atomic mass is 10.2. The summed E-state index contributed by atoms with van der Waals surface area (Å²) >= 11 is 9.17. The van der Waals surface area contributed by atoms with Crippen LogP contribution in [0, 0.1) is 5.82 Å². The molecule has 0 radical (unpaired) electrons. The summed E-state index contributed by atoms with van der Waals surface area (Å²) in [5.74, 6) is -0.848. The number of carbonyl (C=O) groups excluding carboxylic acids is 1. The SMILES string of the molecule is COc1ccc(C(=O)Nc2ccc(Br)c(Cl)c2)c(F)c1. The molecule has 0 saturated heterocycles. The van der Waals surface area contributed by atoms with Gasteiger partial charge >= 0.3 is 0 Å². The van der Waals surface area contributed by atoms with Crippen molar-refractivity contribution in [1.82, 2.24) is 0 Å². The molecule has 20 heavy (non-hydrogen) atoms. The minimum Gasteiger partial charge on any atom is -0.497 e. The second-order valence-electron chi connectivity index (χ2n) is 3.93. The van der Waals surface area contributed by atoms with Gasteiger partial charge in [-0.25, -0.2) is 4.39 Å². The summed E-state index contributed by atoms with van der Waals surface area (Å²) < 4.78 is 19.4. The smallest absolute Gasteiger partial charge is 0.258 e. The number of benzene rings is 2. The van der Waals surface area contributed by atoms with Crippen LogP contribution >= 0.6 is 27.5 Å². The summed E-state index contributed by atoms with van der Waals surface area (Å²) in [5.41, 5.74) is 0.420. The van der Waals surface area contributed by atoms with E-state index in [9.17, 15) is 9.18 Å². The fourth-order valence-corrected chi connectivity index (χ4v) is 2.01. The number of hydrogen-bond donors (Lipinski definition) is 1. The van der Waals surface area contributed by atoms with E-state index in [0.29, 0.717) is 20.9 Å². The third-order valence-electron chi connectivity index (χ3n) is 2.60. The van der Waals surface area contributed by atoms with Crippen LogP contribution in [0.25, 0.3) is 0 Å². The third kappa shape index (κ3) is 3.29. The van der Waals surface area contributed by atoms with Gasteiger partial charge in [-0.05, 0) is 46.3 Å². The van der Waals surface area contributed by atoms with Gasteiger partial charge in [0, 0.05) is 16.2 Å². The Morgan fingerprint density at radius 1 is 1.30 bits per heavy atom. The third-order valence-corrected chi connectivity index (χ3v) is 3.83. The van der Waals surface area contributed by atoms with Gasteiger partial charge in [0.1, 0.15) is 11.6 Å². The zero-order valence-corrected chi connectivity index (χ0v) is 12.8. The van der Waals surface area contributed by atoms with Crippen molar-refractivity contribution in [2.24, 2.45) is 0 Å². The average Bonchev–Trinajstić information content (AvgIpc) is 2.42. The van der Waals surface area contributed by atoms with Gasteiger partial charge in [0.2, 0.25) is 0 Å². The predicted octanol–water partition coefficient (Wildman–Crippen LogP) is 4.50. The maximum absolute atomic E-state index is 13.8. The monoisotopic (exact) mass is 357 g/mol. The van der Waals surface area contributed by atoms with Crippen molar-refractivity contribution in [1.29, 1.82) is 0 Å². The summed E-state index contributed by atoms with van der Waals surface area (Å²) in [5, 5.41) is 3.04. The largest absolute Gasteiger partial charge is 0.497 e. The zero-order valence-electron chi connectivity index (χ0n) is 10.4. The van der Waals surface area contributed by atoms with Crippen LogP contribution in [0.15, 0.2) is 40.9 Å². The number of nitrogens with one attached hydrogen (secondary N) is 1. The van der Waals surface area contributed by atoms with Gasteiger partial charge in [-0.1, -0.05) is 11.6 Å². The van der Waals surface area contributed by atoms with Gasteiger partial charge in [0.05, 0.1) is 17.7 Å². The van der Waals surface area contributed by atoms with Crippen molar-refractivity contribution in [3.63, 3.8) is 0 Å². The minimum atomic E-state index is -0.648. The Hall–Kier alpha value is -1.59. The van der Waals surface area contributed by atoms with Crippen LogP contribution in [0.1, 0.15) is 10.4 Å². The topological polar surface area (TPSA) is 38.3 Å². The lowest BCUT2D eigenvalue weighted by Gasteiger charge is -2.08. The van der Waals surface area contributed by atoms with Gasteiger partial charge in [0.15, 0.2) is 0 Å². The Kier molecular flexibility index (Phi) is 4.62. The van der Waals surface area contributed by atoms with E-state index in [2.05, 4.69) is 21.2 Å². The molecule has 0 bridgehead atoms. The highest BCUT2D eigenvalue weighted by Crippen LogP contribution is 2.26. The lowest BCUT2D eigenvalue weighted by Crippen LogP contribution is -2.13. The molecule has 2 rings (SSSR count). The van der Waals surface area contributed by atoms with Crippen LogP contribution in [0.2, 0.25) is 5.02 Å². The predicted molar refractivity (Wildman–Crippen MR) is 80.1 cm³/mol. The summed E-state index contributed by atoms with van der Waals surface area (Å²) in [4.78, 5) is 12.0. The van der Waals surface area contributed by atoms with Crippen molar-refractivity contribution in [2.75, 3.05) is 12.4 Å². The second kappa shape index (κ2) is 6.24. The van der Waals surface area contributed by atoms with Gasteiger partial charge in [0.25, 0.3) is 5.91 Å². The molecule has 0 heterocycles. The molecule has 0 unspecified atom stereocenters. The Bertz CT molecular complexity index is 664. The first-order valence-corrected chi connectivity index (χ1v) is 6.78. The maximum atomic E-state index is 13.8. The fourth-order valence-electron chi connectivity index (χ4n) is 1.58. The molecular weight excluding hydrogens is 349 g/mol. The van der Waals surface area contributed by atoms with E-state index in [-0.39, 0.29) is 5.56 Å². The van der Waals surface area contributed by atoms with Gasteiger partial charge < -0.3 is 10.1 Å². The van der Waals surface area contributed by atoms with Gasteiger partial charge in [-0.2, -0.15) is 0 Å². The molecular formula is C14H10BrClFNO2. The van der Waals surface area contributed by atoms with Crippen molar-refractivity contribution in [2.45, 2.75) is 0 Å². The first-order chi connectivity index (χ1) is 9.51. The standard InChI is InChI=1S/C14H10BrClFNO2/c1-20-9-3-4-10(13(17)7-9)14(19)18-8-2-5-11(15)12(16)6-8/h2-7H,1H3,(H,18,19). The van der Waals surface area contributed by atoms with Crippen molar-refractivity contribution < 1.29 is 13.9 Å². The van der Waals surface area contributed by atoms with Crippen molar-refractivity contribution in [3.8, 4) is 5.75 Å². The van der Waals surface area contributed by atoms with Gasteiger partial charge in [-0.15, -0.1) is 0 Å². The fraction of sp³-hybridized carbons (Fsp3) is 0.0714. The zero-order chi connectivity index (χ0) is 14.7. The van der Waals surface area contributed by atoms with Crippen molar-refractivity contribution in [3.05, 3.63) is 57.3 Å². The molecule has 0 aliphatic heterocycles. The summed E-state index contributed by atoms with van der Waals surface area (Å²) in [6, 6.07) is 8.97. The highest BCUT2D eigenvalue weighted by atomic mass is 79.9. The van der Waals surface area contributed by atoms with Crippen LogP contribution in [0.4, 0.5) is 10.1 Å².